The Morgan fingerprint density at radius 2 is 2.19 bits per heavy atom. The lowest BCUT2D eigenvalue weighted by Crippen LogP contribution is -2.19. The summed E-state index contributed by atoms with van der Waals surface area (Å²) in [7, 11) is 3.32. The average Bonchev–Trinajstić information content (AvgIpc) is 3.12. The molecule has 0 aliphatic carbocycles. The van der Waals surface area contributed by atoms with E-state index in [-0.39, 0.29) is 0 Å². The van der Waals surface area contributed by atoms with E-state index >= 15 is 0 Å². The van der Waals surface area contributed by atoms with E-state index in [2.05, 4.69) is 10.4 Å². The van der Waals surface area contributed by atoms with Crippen molar-refractivity contribution < 1.29 is 13.9 Å². The number of ether oxygens (including phenoxy) is 2. The largest absolute Gasteiger partial charge is 0.497 e. The average molecular weight is 287 g/mol. The molecule has 0 unspecified atom stereocenters. The number of rotatable bonds is 6. The smallest absolute Gasteiger partial charge is 0.194 e. The molecule has 0 saturated heterocycles. The standard InChI is InChI=1S/C15H17N3O3/c1-19-8-6-17-18-7-5-16-15(18)14-10-11-9-12(20-2)3-4-13(11)21-14/h3-5,7,9-10,17H,6,8H2,1-2H3. The number of nitrogens with one attached hydrogen (secondary N) is 1. The molecule has 0 saturated carbocycles. The second-order valence-corrected chi connectivity index (χ2v) is 4.54. The van der Waals surface area contributed by atoms with Gasteiger partial charge in [0.1, 0.15) is 11.3 Å². The molecule has 21 heavy (non-hydrogen) atoms. The molecule has 0 atom stereocenters. The van der Waals surface area contributed by atoms with E-state index < -0.39 is 0 Å². The van der Waals surface area contributed by atoms with Crippen molar-refractivity contribution >= 4 is 11.0 Å². The van der Waals surface area contributed by atoms with Gasteiger partial charge in [0.2, 0.25) is 0 Å². The van der Waals surface area contributed by atoms with E-state index in [4.69, 9.17) is 13.9 Å². The van der Waals surface area contributed by atoms with Gasteiger partial charge in [-0.1, -0.05) is 0 Å². The van der Waals surface area contributed by atoms with Gasteiger partial charge in [-0.05, 0) is 24.3 Å². The van der Waals surface area contributed by atoms with Crippen molar-refractivity contribution in [2.75, 3.05) is 32.8 Å². The minimum absolute atomic E-state index is 0.620. The van der Waals surface area contributed by atoms with Crippen LogP contribution in [-0.2, 0) is 4.74 Å². The van der Waals surface area contributed by atoms with Crippen LogP contribution in [0.2, 0.25) is 0 Å². The van der Waals surface area contributed by atoms with Crippen LogP contribution in [0.15, 0.2) is 41.1 Å². The number of methoxy groups -OCH3 is 2. The van der Waals surface area contributed by atoms with Gasteiger partial charge >= 0.3 is 0 Å². The molecule has 6 nitrogen and oxygen atoms in total. The Hall–Kier alpha value is -2.47. The second kappa shape index (κ2) is 5.88. The number of furan rings is 1. The molecule has 0 fully saturated rings. The van der Waals surface area contributed by atoms with Crippen LogP contribution in [0.1, 0.15) is 0 Å². The fourth-order valence-electron chi connectivity index (χ4n) is 2.14. The highest BCUT2D eigenvalue weighted by atomic mass is 16.5. The molecule has 0 aliphatic rings. The second-order valence-electron chi connectivity index (χ2n) is 4.54. The summed E-state index contributed by atoms with van der Waals surface area (Å²) < 4.78 is 17.9. The van der Waals surface area contributed by atoms with E-state index in [1.54, 1.807) is 20.4 Å². The van der Waals surface area contributed by atoms with Crippen LogP contribution in [0.3, 0.4) is 0 Å². The zero-order valence-corrected chi connectivity index (χ0v) is 12.0. The van der Waals surface area contributed by atoms with Crippen LogP contribution in [0.5, 0.6) is 5.75 Å². The molecular weight excluding hydrogens is 270 g/mol. The van der Waals surface area contributed by atoms with Gasteiger partial charge in [0, 0.05) is 24.9 Å². The molecule has 6 heteroatoms. The van der Waals surface area contributed by atoms with Gasteiger partial charge in [0.25, 0.3) is 0 Å². The lowest BCUT2D eigenvalue weighted by atomic mass is 10.2. The first-order valence-electron chi connectivity index (χ1n) is 6.66. The Morgan fingerprint density at radius 3 is 3.00 bits per heavy atom. The number of imidazole rings is 1. The molecule has 3 rings (SSSR count). The van der Waals surface area contributed by atoms with E-state index in [0.29, 0.717) is 18.9 Å². The minimum atomic E-state index is 0.620. The highest BCUT2D eigenvalue weighted by molar-refractivity contribution is 5.83. The predicted molar refractivity (Wildman–Crippen MR) is 80.1 cm³/mol. The quantitative estimate of drug-likeness (QED) is 0.706. The van der Waals surface area contributed by atoms with Crippen LogP contribution in [0.4, 0.5) is 0 Å². The maximum atomic E-state index is 5.85. The summed E-state index contributed by atoms with van der Waals surface area (Å²) in [5.41, 5.74) is 4.01. The van der Waals surface area contributed by atoms with Crippen LogP contribution in [-0.4, -0.2) is 37.0 Å². The van der Waals surface area contributed by atoms with Gasteiger partial charge < -0.3 is 19.3 Å². The minimum Gasteiger partial charge on any atom is -0.497 e. The van der Waals surface area contributed by atoms with Crippen molar-refractivity contribution in [2.24, 2.45) is 0 Å². The molecule has 2 heterocycles. The maximum Gasteiger partial charge on any atom is 0.194 e. The Kier molecular flexibility index (Phi) is 3.79. The number of nitrogens with zero attached hydrogens (tertiary/aromatic N) is 2. The van der Waals surface area contributed by atoms with Crippen molar-refractivity contribution in [1.29, 1.82) is 0 Å². The number of benzene rings is 1. The van der Waals surface area contributed by atoms with Gasteiger partial charge in [-0.25, -0.2) is 9.66 Å². The first kappa shape index (κ1) is 13.5. The topological polar surface area (TPSA) is 61.5 Å². The number of hydrogen-bond donors (Lipinski definition) is 1. The van der Waals surface area contributed by atoms with Crippen molar-refractivity contribution in [3.63, 3.8) is 0 Å². The summed E-state index contributed by atoms with van der Waals surface area (Å²) >= 11 is 0. The molecule has 0 spiro atoms. The Bertz CT molecular complexity index is 733. The Morgan fingerprint density at radius 1 is 1.29 bits per heavy atom. The van der Waals surface area contributed by atoms with Crippen molar-refractivity contribution in [3.8, 4) is 17.3 Å². The molecule has 0 radical (unpaired) electrons. The molecule has 1 aromatic carbocycles. The highest BCUT2D eigenvalue weighted by Crippen LogP contribution is 2.29. The van der Waals surface area contributed by atoms with Crippen molar-refractivity contribution in [2.45, 2.75) is 0 Å². The van der Waals surface area contributed by atoms with Gasteiger partial charge in [-0.3, -0.25) is 0 Å². The third kappa shape index (κ3) is 2.71. The number of fused-ring (bicyclic) bond motifs is 1. The first-order chi connectivity index (χ1) is 10.3. The third-order valence-electron chi connectivity index (χ3n) is 3.17. The van der Waals surface area contributed by atoms with Crippen molar-refractivity contribution in [3.05, 3.63) is 36.7 Å². The monoisotopic (exact) mass is 287 g/mol. The van der Waals surface area contributed by atoms with E-state index in [0.717, 1.165) is 22.5 Å². The van der Waals surface area contributed by atoms with Crippen LogP contribution in [0, 0.1) is 0 Å². The number of aromatic nitrogens is 2. The molecule has 0 aliphatic heterocycles. The zero-order valence-electron chi connectivity index (χ0n) is 12.0. The molecule has 3 aromatic rings. The zero-order chi connectivity index (χ0) is 14.7. The third-order valence-corrected chi connectivity index (χ3v) is 3.17. The molecule has 1 N–H and O–H groups in total. The van der Waals surface area contributed by atoms with Gasteiger partial charge in [0.15, 0.2) is 11.6 Å². The van der Waals surface area contributed by atoms with Crippen LogP contribution >= 0.6 is 0 Å². The molecule has 110 valence electrons. The fraction of sp³-hybridized carbons (Fsp3) is 0.267. The lowest BCUT2D eigenvalue weighted by Gasteiger charge is -2.08. The SMILES string of the molecule is COCCNn1ccnc1-c1cc2cc(OC)ccc2o1. The molecule has 2 aromatic heterocycles. The summed E-state index contributed by atoms with van der Waals surface area (Å²) in [6.45, 7) is 1.31. The van der Waals surface area contributed by atoms with Gasteiger partial charge in [-0.15, -0.1) is 0 Å². The predicted octanol–water partition coefficient (Wildman–Crippen LogP) is 2.49. The lowest BCUT2D eigenvalue weighted by molar-refractivity contribution is 0.208. The normalized spacial score (nSPS) is 11.0. The van der Waals surface area contributed by atoms with Gasteiger partial charge in [0.05, 0.1) is 20.3 Å². The van der Waals surface area contributed by atoms with Gasteiger partial charge in [-0.2, -0.15) is 0 Å². The Labute approximate surface area is 122 Å². The van der Waals surface area contributed by atoms with E-state index in [9.17, 15) is 0 Å². The van der Waals surface area contributed by atoms with Crippen LogP contribution in [0.25, 0.3) is 22.6 Å². The summed E-state index contributed by atoms with van der Waals surface area (Å²) in [5.74, 6) is 2.23. The summed E-state index contributed by atoms with van der Waals surface area (Å²) in [5, 5.41) is 0.982. The number of hydrogen-bond acceptors (Lipinski definition) is 5. The highest BCUT2D eigenvalue weighted by Gasteiger charge is 2.12. The maximum absolute atomic E-state index is 5.85. The molecular formula is C15H17N3O3. The van der Waals surface area contributed by atoms with Crippen LogP contribution < -0.4 is 10.2 Å². The molecule has 0 amide bonds. The van der Waals surface area contributed by atoms with Crippen molar-refractivity contribution in [1.82, 2.24) is 9.66 Å². The Balaban J connectivity index is 1.91. The van der Waals surface area contributed by atoms with E-state index in [1.165, 1.54) is 0 Å². The van der Waals surface area contributed by atoms with E-state index in [1.807, 2.05) is 35.1 Å². The molecule has 0 bridgehead atoms. The fourth-order valence-corrected chi connectivity index (χ4v) is 2.14. The first-order valence-corrected chi connectivity index (χ1v) is 6.66. The summed E-state index contributed by atoms with van der Waals surface area (Å²) in [6, 6.07) is 7.66. The summed E-state index contributed by atoms with van der Waals surface area (Å²) in [6.07, 6.45) is 3.57. The summed E-state index contributed by atoms with van der Waals surface area (Å²) in [4.78, 5) is 4.34.